The Morgan fingerprint density at radius 2 is 2.07 bits per heavy atom. The third-order valence-electron chi connectivity index (χ3n) is 5.32. The summed E-state index contributed by atoms with van der Waals surface area (Å²) in [5.74, 6) is 0.396. The second kappa shape index (κ2) is 8.29. The standard InChI is InChI=1S/C22H22BrN3O3/c1-29-18-6-7-20-19(11-18)14(12-24-20)8-9-26-13-15(10-21(26)27)22(28)25-17-4-2-16(23)3-5-17/h2-7,11-12,15,24H,8-10,13H2,1H3,(H,25,28)/t15-/m1/s1. The maximum absolute atomic E-state index is 12.5. The summed E-state index contributed by atoms with van der Waals surface area (Å²) >= 11 is 3.38. The van der Waals surface area contributed by atoms with Crippen molar-refractivity contribution < 1.29 is 14.3 Å². The quantitative estimate of drug-likeness (QED) is 0.590. The maximum atomic E-state index is 12.5. The molecule has 1 aliphatic rings. The van der Waals surface area contributed by atoms with Crippen molar-refractivity contribution in [3.8, 4) is 5.75 Å². The van der Waals surface area contributed by atoms with Gasteiger partial charge in [0.25, 0.3) is 0 Å². The normalized spacial score (nSPS) is 16.4. The van der Waals surface area contributed by atoms with E-state index in [9.17, 15) is 9.59 Å². The zero-order valence-corrected chi connectivity index (χ0v) is 17.7. The number of amides is 2. The first-order valence-electron chi connectivity index (χ1n) is 9.51. The van der Waals surface area contributed by atoms with E-state index in [4.69, 9.17) is 4.74 Å². The van der Waals surface area contributed by atoms with Crippen molar-refractivity contribution in [2.75, 3.05) is 25.5 Å². The van der Waals surface area contributed by atoms with Crippen molar-refractivity contribution in [1.82, 2.24) is 9.88 Å². The Morgan fingerprint density at radius 3 is 2.83 bits per heavy atom. The van der Waals surface area contributed by atoms with Crippen molar-refractivity contribution in [2.45, 2.75) is 12.8 Å². The van der Waals surface area contributed by atoms with E-state index in [2.05, 4.69) is 26.2 Å². The highest BCUT2D eigenvalue weighted by Gasteiger charge is 2.34. The first kappa shape index (κ1) is 19.5. The molecule has 2 aromatic carbocycles. The maximum Gasteiger partial charge on any atom is 0.229 e. The number of nitrogens with one attached hydrogen (secondary N) is 2. The van der Waals surface area contributed by atoms with Gasteiger partial charge in [-0.15, -0.1) is 0 Å². The van der Waals surface area contributed by atoms with Gasteiger partial charge in [0.05, 0.1) is 13.0 Å². The molecule has 0 radical (unpaired) electrons. The molecule has 2 N–H and O–H groups in total. The number of benzene rings is 2. The number of rotatable bonds is 6. The smallest absolute Gasteiger partial charge is 0.229 e. The van der Waals surface area contributed by atoms with Gasteiger partial charge in [-0.1, -0.05) is 15.9 Å². The number of carbonyl (C=O) groups is 2. The monoisotopic (exact) mass is 455 g/mol. The largest absolute Gasteiger partial charge is 0.497 e. The molecule has 2 heterocycles. The Balaban J connectivity index is 1.37. The number of hydrogen-bond acceptors (Lipinski definition) is 3. The van der Waals surface area contributed by atoms with Crippen LogP contribution in [0.2, 0.25) is 0 Å². The number of methoxy groups -OCH3 is 1. The number of anilines is 1. The number of aromatic amines is 1. The molecule has 1 aromatic heterocycles. The number of H-pyrrole nitrogens is 1. The molecule has 0 saturated carbocycles. The summed E-state index contributed by atoms with van der Waals surface area (Å²) in [5.41, 5.74) is 2.91. The van der Waals surface area contributed by atoms with E-state index in [1.54, 1.807) is 12.0 Å². The van der Waals surface area contributed by atoms with Crippen LogP contribution in [0.3, 0.4) is 0 Å². The Labute approximate surface area is 177 Å². The molecule has 29 heavy (non-hydrogen) atoms. The lowest BCUT2D eigenvalue weighted by Gasteiger charge is -2.16. The molecule has 0 aliphatic carbocycles. The van der Waals surface area contributed by atoms with Gasteiger partial charge in [-0.25, -0.2) is 0 Å². The molecule has 150 valence electrons. The number of hydrogen-bond donors (Lipinski definition) is 2. The predicted molar refractivity (Wildman–Crippen MR) is 116 cm³/mol. The summed E-state index contributed by atoms with van der Waals surface area (Å²) in [7, 11) is 1.65. The summed E-state index contributed by atoms with van der Waals surface area (Å²) < 4.78 is 6.26. The zero-order chi connectivity index (χ0) is 20.4. The van der Waals surface area contributed by atoms with Crippen molar-refractivity contribution in [3.63, 3.8) is 0 Å². The highest BCUT2D eigenvalue weighted by molar-refractivity contribution is 9.10. The van der Waals surface area contributed by atoms with Crippen LogP contribution in [0.15, 0.2) is 53.1 Å². The average Bonchev–Trinajstić information content (AvgIpc) is 3.30. The minimum Gasteiger partial charge on any atom is -0.497 e. The molecular formula is C22H22BrN3O3. The summed E-state index contributed by atoms with van der Waals surface area (Å²) in [6.07, 6.45) is 2.95. The number of fused-ring (bicyclic) bond motifs is 1. The van der Waals surface area contributed by atoms with Gasteiger partial charge in [0.1, 0.15) is 5.75 Å². The number of halogens is 1. The molecular weight excluding hydrogens is 434 g/mol. The topological polar surface area (TPSA) is 74.4 Å². The Hall–Kier alpha value is -2.80. The molecule has 2 amide bonds. The fourth-order valence-corrected chi connectivity index (χ4v) is 3.95. The minimum atomic E-state index is -0.325. The highest BCUT2D eigenvalue weighted by Crippen LogP contribution is 2.25. The molecule has 0 bridgehead atoms. The van der Waals surface area contributed by atoms with Gasteiger partial charge >= 0.3 is 0 Å². The molecule has 1 fully saturated rings. The molecule has 0 unspecified atom stereocenters. The SMILES string of the molecule is COc1ccc2[nH]cc(CCN3C[C@H](C(=O)Nc4ccc(Br)cc4)CC3=O)c2c1. The second-order valence-corrected chi connectivity index (χ2v) is 8.13. The van der Waals surface area contributed by atoms with Crippen LogP contribution in [0.5, 0.6) is 5.75 Å². The number of ether oxygens (including phenoxy) is 1. The van der Waals surface area contributed by atoms with Gasteiger partial charge in [0.2, 0.25) is 11.8 Å². The van der Waals surface area contributed by atoms with E-state index in [1.807, 2.05) is 48.7 Å². The number of aromatic nitrogens is 1. The number of carbonyl (C=O) groups excluding carboxylic acids is 2. The van der Waals surface area contributed by atoms with E-state index in [-0.39, 0.29) is 24.2 Å². The Kier molecular flexibility index (Phi) is 5.58. The minimum absolute atomic E-state index is 0.0263. The number of nitrogens with zero attached hydrogens (tertiary/aromatic N) is 1. The molecule has 7 heteroatoms. The highest BCUT2D eigenvalue weighted by atomic mass is 79.9. The van der Waals surface area contributed by atoms with Gasteiger partial charge in [-0.05, 0) is 54.4 Å². The molecule has 6 nitrogen and oxygen atoms in total. The second-order valence-electron chi connectivity index (χ2n) is 7.21. The van der Waals surface area contributed by atoms with E-state index in [0.29, 0.717) is 13.1 Å². The molecule has 4 rings (SSSR count). The molecule has 3 aromatic rings. The average molecular weight is 456 g/mol. The molecule has 1 atom stereocenters. The first-order valence-corrected chi connectivity index (χ1v) is 10.3. The van der Waals surface area contributed by atoms with Gasteiger partial charge < -0.3 is 19.9 Å². The Morgan fingerprint density at radius 1 is 1.28 bits per heavy atom. The van der Waals surface area contributed by atoms with Gasteiger partial charge in [-0.3, -0.25) is 9.59 Å². The molecule has 1 aliphatic heterocycles. The van der Waals surface area contributed by atoms with Crippen LogP contribution in [0, 0.1) is 5.92 Å². The number of likely N-dealkylation sites (tertiary alicyclic amines) is 1. The molecule has 1 saturated heterocycles. The van der Waals surface area contributed by atoms with Crippen molar-refractivity contribution >= 4 is 44.3 Å². The van der Waals surface area contributed by atoms with Crippen LogP contribution in [-0.2, 0) is 16.0 Å². The van der Waals surface area contributed by atoms with Crippen molar-refractivity contribution in [2.24, 2.45) is 5.92 Å². The van der Waals surface area contributed by atoms with Crippen LogP contribution < -0.4 is 10.1 Å². The summed E-state index contributed by atoms with van der Waals surface area (Å²) in [6, 6.07) is 13.3. The lowest BCUT2D eigenvalue weighted by Crippen LogP contribution is -2.30. The molecule has 0 spiro atoms. The lowest BCUT2D eigenvalue weighted by atomic mass is 10.1. The fraction of sp³-hybridized carbons (Fsp3) is 0.273. The van der Waals surface area contributed by atoms with E-state index >= 15 is 0 Å². The third kappa shape index (κ3) is 4.29. The van der Waals surface area contributed by atoms with Gasteiger partial charge in [-0.2, -0.15) is 0 Å². The lowest BCUT2D eigenvalue weighted by molar-refractivity contribution is -0.128. The summed E-state index contributed by atoms with van der Waals surface area (Å²) in [6.45, 7) is 1.04. The first-order chi connectivity index (χ1) is 14.0. The van der Waals surface area contributed by atoms with E-state index in [1.165, 1.54) is 0 Å². The van der Waals surface area contributed by atoms with Crippen LogP contribution in [-0.4, -0.2) is 41.9 Å². The predicted octanol–water partition coefficient (Wildman–Crippen LogP) is 3.97. The van der Waals surface area contributed by atoms with Crippen molar-refractivity contribution in [1.29, 1.82) is 0 Å². The summed E-state index contributed by atoms with van der Waals surface area (Å²) in [5, 5.41) is 4.00. The van der Waals surface area contributed by atoms with Gasteiger partial charge in [0.15, 0.2) is 0 Å². The zero-order valence-electron chi connectivity index (χ0n) is 16.1. The van der Waals surface area contributed by atoms with Crippen LogP contribution in [0.4, 0.5) is 5.69 Å². The Bertz CT molecular complexity index is 1050. The van der Waals surface area contributed by atoms with Gasteiger partial charge in [0, 0.05) is 46.8 Å². The van der Waals surface area contributed by atoms with E-state index in [0.717, 1.165) is 38.8 Å². The van der Waals surface area contributed by atoms with Crippen molar-refractivity contribution in [3.05, 3.63) is 58.7 Å². The van der Waals surface area contributed by atoms with Crippen LogP contribution in [0.1, 0.15) is 12.0 Å². The van der Waals surface area contributed by atoms with Crippen LogP contribution in [0.25, 0.3) is 10.9 Å². The van der Waals surface area contributed by atoms with E-state index < -0.39 is 0 Å². The van der Waals surface area contributed by atoms with Crippen LogP contribution >= 0.6 is 15.9 Å². The fourth-order valence-electron chi connectivity index (χ4n) is 3.69. The summed E-state index contributed by atoms with van der Waals surface area (Å²) in [4.78, 5) is 30.0. The third-order valence-corrected chi connectivity index (χ3v) is 5.85.